The summed E-state index contributed by atoms with van der Waals surface area (Å²) in [5.74, 6) is 0.491. The summed E-state index contributed by atoms with van der Waals surface area (Å²) in [5.41, 5.74) is 5.31. The third kappa shape index (κ3) is 6.55. The van der Waals surface area contributed by atoms with E-state index in [0.717, 1.165) is 6.42 Å². The van der Waals surface area contributed by atoms with E-state index in [1.807, 2.05) is 0 Å². The van der Waals surface area contributed by atoms with E-state index in [1.165, 1.54) is 0 Å². The lowest BCUT2D eigenvalue weighted by atomic mass is 10.3. The van der Waals surface area contributed by atoms with Gasteiger partial charge in [0.15, 0.2) is 0 Å². The highest BCUT2D eigenvalue weighted by atomic mass is 16.6. The third-order valence-electron chi connectivity index (χ3n) is 1.91. The molecule has 1 radical (unpaired) electrons. The molecular formula is C12H17N2O3. The van der Waals surface area contributed by atoms with Gasteiger partial charge in [-0.3, -0.25) is 0 Å². The molecule has 17 heavy (non-hydrogen) atoms. The molecule has 0 aliphatic heterocycles. The van der Waals surface area contributed by atoms with Crippen molar-refractivity contribution in [2.45, 2.75) is 6.42 Å². The van der Waals surface area contributed by atoms with Crippen LogP contribution in [-0.4, -0.2) is 32.4 Å². The lowest BCUT2D eigenvalue weighted by Crippen LogP contribution is -2.30. The van der Waals surface area contributed by atoms with E-state index in [-0.39, 0.29) is 0 Å². The van der Waals surface area contributed by atoms with Gasteiger partial charge in [0.25, 0.3) is 0 Å². The van der Waals surface area contributed by atoms with Crippen LogP contribution in [0.15, 0.2) is 24.3 Å². The SMILES string of the molecule is NCCCOCCNC(=O)Oc1cc[c]cc1. The number of rotatable bonds is 7. The molecular weight excluding hydrogens is 220 g/mol. The monoisotopic (exact) mass is 237 g/mol. The van der Waals surface area contributed by atoms with Crippen LogP contribution >= 0.6 is 0 Å². The van der Waals surface area contributed by atoms with Gasteiger partial charge < -0.3 is 20.5 Å². The molecule has 1 aromatic rings. The van der Waals surface area contributed by atoms with Gasteiger partial charge in [-0.2, -0.15) is 0 Å². The van der Waals surface area contributed by atoms with E-state index in [2.05, 4.69) is 11.4 Å². The van der Waals surface area contributed by atoms with Gasteiger partial charge in [-0.15, -0.1) is 0 Å². The zero-order valence-corrected chi connectivity index (χ0v) is 9.65. The zero-order valence-electron chi connectivity index (χ0n) is 9.65. The lowest BCUT2D eigenvalue weighted by molar-refractivity contribution is 0.132. The highest BCUT2D eigenvalue weighted by molar-refractivity contribution is 5.70. The summed E-state index contributed by atoms with van der Waals surface area (Å²) >= 11 is 0. The summed E-state index contributed by atoms with van der Waals surface area (Å²) in [6.45, 7) is 2.10. The number of nitrogens with one attached hydrogen (secondary N) is 1. The molecule has 93 valence electrons. The molecule has 0 spiro atoms. The predicted molar refractivity (Wildman–Crippen MR) is 63.8 cm³/mol. The van der Waals surface area contributed by atoms with E-state index < -0.39 is 6.09 Å². The first-order chi connectivity index (χ1) is 8.33. The summed E-state index contributed by atoms with van der Waals surface area (Å²) in [6.07, 6.45) is 0.337. The van der Waals surface area contributed by atoms with Crippen molar-refractivity contribution in [3.05, 3.63) is 30.3 Å². The highest BCUT2D eigenvalue weighted by Crippen LogP contribution is 2.07. The van der Waals surface area contributed by atoms with Crippen molar-refractivity contribution < 1.29 is 14.3 Å². The van der Waals surface area contributed by atoms with Crippen molar-refractivity contribution in [1.29, 1.82) is 0 Å². The van der Waals surface area contributed by atoms with E-state index in [4.69, 9.17) is 15.2 Å². The Bertz CT molecular complexity index is 317. The van der Waals surface area contributed by atoms with Crippen LogP contribution in [0.25, 0.3) is 0 Å². The van der Waals surface area contributed by atoms with Crippen molar-refractivity contribution in [2.24, 2.45) is 5.73 Å². The summed E-state index contributed by atoms with van der Waals surface area (Å²) in [6, 6.07) is 9.52. The Hall–Kier alpha value is -1.59. The molecule has 1 aromatic carbocycles. The molecule has 0 aromatic heterocycles. The molecule has 0 aliphatic carbocycles. The second kappa shape index (κ2) is 8.55. The number of carbonyl (C=O) groups excluding carboxylic acids is 1. The number of carbonyl (C=O) groups is 1. The van der Waals surface area contributed by atoms with Crippen molar-refractivity contribution >= 4 is 6.09 Å². The average molecular weight is 237 g/mol. The number of hydrogen-bond acceptors (Lipinski definition) is 4. The van der Waals surface area contributed by atoms with Crippen molar-refractivity contribution in [1.82, 2.24) is 5.32 Å². The summed E-state index contributed by atoms with van der Waals surface area (Å²) in [5, 5.41) is 2.58. The minimum atomic E-state index is -0.487. The van der Waals surface area contributed by atoms with E-state index in [9.17, 15) is 4.79 Å². The van der Waals surface area contributed by atoms with Crippen molar-refractivity contribution in [3.63, 3.8) is 0 Å². The molecule has 0 saturated carbocycles. The van der Waals surface area contributed by atoms with Gasteiger partial charge >= 0.3 is 6.09 Å². The van der Waals surface area contributed by atoms with Crippen LogP contribution in [-0.2, 0) is 4.74 Å². The van der Waals surface area contributed by atoms with Crippen LogP contribution in [0.2, 0.25) is 0 Å². The summed E-state index contributed by atoms with van der Waals surface area (Å²) in [7, 11) is 0. The predicted octanol–water partition coefficient (Wildman–Crippen LogP) is 0.941. The smallest absolute Gasteiger partial charge is 0.410 e. The van der Waals surface area contributed by atoms with Crippen LogP contribution < -0.4 is 15.8 Å². The number of benzene rings is 1. The lowest BCUT2D eigenvalue weighted by Gasteiger charge is -2.06. The minimum absolute atomic E-state index is 0.419. The van der Waals surface area contributed by atoms with Crippen LogP contribution in [0.5, 0.6) is 5.75 Å². The van der Waals surface area contributed by atoms with E-state index in [1.54, 1.807) is 24.3 Å². The molecule has 5 nitrogen and oxygen atoms in total. The Morgan fingerprint density at radius 1 is 1.35 bits per heavy atom. The van der Waals surface area contributed by atoms with Crippen LogP contribution in [0, 0.1) is 6.07 Å². The van der Waals surface area contributed by atoms with Gasteiger partial charge in [0.1, 0.15) is 5.75 Å². The molecule has 0 heterocycles. The standard InChI is InChI=1S/C12H17N2O3/c13-7-4-9-16-10-8-14-12(15)17-11-5-2-1-3-6-11/h2-3,5-6H,4,7-10,13H2,(H,14,15). The molecule has 3 N–H and O–H groups in total. The fraction of sp³-hybridized carbons (Fsp3) is 0.417. The Morgan fingerprint density at radius 2 is 2.12 bits per heavy atom. The number of hydrogen-bond donors (Lipinski definition) is 2. The normalized spacial score (nSPS) is 9.94. The van der Waals surface area contributed by atoms with Gasteiger partial charge in [-0.05, 0) is 31.2 Å². The first-order valence-electron chi connectivity index (χ1n) is 5.52. The van der Waals surface area contributed by atoms with Gasteiger partial charge in [-0.1, -0.05) is 12.1 Å². The van der Waals surface area contributed by atoms with Crippen LogP contribution in [0.1, 0.15) is 6.42 Å². The van der Waals surface area contributed by atoms with Crippen LogP contribution in [0.4, 0.5) is 4.79 Å². The first kappa shape index (κ1) is 13.5. The maximum atomic E-state index is 11.3. The Balaban J connectivity index is 2.06. The van der Waals surface area contributed by atoms with Gasteiger partial charge in [-0.25, -0.2) is 4.79 Å². The second-order valence-electron chi connectivity index (χ2n) is 3.31. The molecule has 0 unspecified atom stereocenters. The third-order valence-corrected chi connectivity index (χ3v) is 1.91. The zero-order chi connectivity index (χ0) is 12.3. The van der Waals surface area contributed by atoms with Crippen molar-refractivity contribution in [2.75, 3.05) is 26.3 Å². The van der Waals surface area contributed by atoms with Gasteiger partial charge in [0.05, 0.1) is 6.61 Å². The number of nitrogens with two attached hydrogens (primary N) is 1. The van der Waals surface area contributed by atoms with Crippen LogP contribution in [0.3, 0.4) is 0 Å². The topological polar surface area (TPSA) is 73.6 Å². The van der Waals surface area contributed by atoms with Gasteiger partial charge in [0.2, 0.25) is 0 Å². The molecule has 0 bridgehead atoms. The molecule has 0 aliphatic rings. The van der Waals surface area contributed by atoms with Crippen molar-refractivity contribution in [3.8, 4) is 5.75 Å². The molecule has 5 heteroatoms. The second-order valence-corrected chi connectivity index (χ2v) is 3.31. The van der Waals surface area contributed by atoms with E-state index >= 15 is 0 Å². The fourth-order valence-corrected chi connectivity index (χ4v) is 1.10. The Labute approximate surface area is 101 Å². The molecule has 0 atom stereocenters. The summed E-state index contributed by atoms with van der Waals surface area (Å²) in [4.78, 5) is 11.3. The quantitative estimate of drug-likeness (QED) is 0.692. The molecule has 0 fully saturated rings. The largest absolute Gasteiger partial charge is 0.412 e. The van der Waals surface area contributed by atoms with E-state index in [0.29, 0.717) is 32.1 Å². The highest BCUT2D eigenvalue weighted by Gasteiger charge is 2.02. The molecule has 0 saturated heterocycles. The maximum Gasteiger partial charge on any atom is 0.412 e. The number of amides is 1. The Morgan fingerprint density at radius 3 is 2.82 bits per heavy atom. The number of ether oxygens (including phenoxy) is 2. The van der Waals surface area contributed by atoms with Gasteiger partial charge in [0, 0.05) is 13.2 Å². The molecule has 1 amide bonds. The summed E-state index contributed by atoms with van der Waals surface area (Å²) < 4.78 is 10.2. The first-order valence-corrected chi connectivity index (χ1v) is 5.52. The minimum Gasteiger partial charge on any atom is -0.410 e. The Kier molecular flexibility index (Phi) is 6.78. The molecule has 1 rings (SSSR count). The fourth-order valence-electron chi connectivity index (χ4n) is 1.10. The average Bonchev–Trinajstić information content (AvgIpc) is 2.35. The maximum absolute atomic E-state index is 11.3.